The zero-order valence-corrected chi connectivity index (χ0v) is 11.4. The van der Waals surface area contributed by atoms with Crippen molar-refractivity contribution in [2.45, 2.75) is 26.3 Å². The van der Waals surface area contributed by atoms with Crippen molar-refractivity contribution in [3.63, 3.8) is 0 Å². The van der Waals surface area contributed by atoms with Crippen LogP contribution in [0.5, 0.6) is 0 Å². The van der Waals surface area contributed by atoms with Gasteiger partial charge < -0.3 is 4.90 Å². The van der Waals surface area contributed by atoms with Gasteiger partial charge in [-0.3, -0.25) is 9.78 Å². The van der Waals surface area contributed by atoms with E-state index in [1.54, 1.807) is 17.3 Å². The topological polar surface area (TPSA) is 46.1 Å². The predicted molar refractivity (Wildman–Crippen MR) is 71.2 cm³/mol. The summed E-state index contributed by atoms with van der Waals surface area (Å²) in [6.45, 7) is 4.20. The van der Waals surface area contributed by atoms with E-state index in [0.717, 1.165) is 17.9 Å². The Morgan fingerprint density at radius 3 is 2.88 bits per heavy atom. The number of carbonyl (C=O) groups is 1. The monoisotopic (exact) mass is 253 g/mol. The molecule has 0 radical (unpaired) electrons. The number of hydrogen-bond acceptors (Lipinski definition) is 4. The van der Waals surface area contributed by atoms with Crippen molar-refractivity contribution in [2.75, 3.05) is 18.6 Å². The Balaban J connectivity index is 2.51. The molecule has 0 bridgehead atoms. The van der Waals surface area contributed by atoms with Crippen LogP contribution in [0.25, 0.3) is 0 Å². The average Bonchev–Trinajstić information content (AvgIpc) is 2.38. The van der Waals surface area contributed by atoms with E-state index >= 15 is 0 Å². The Kier molecular flexibility index (Phi) is 5.97. The second-order valence-corrected chi connectivity index (χ2v) is 5.24. The van der Waals surface area contributed by atoms with E-state index in [2.05, 4.69) is 23.8 Å². The van der Waals surface area contributed by atoms with Gasteiger partial charge in [-0.1, -0.05) is 6.92 Å². The molecule has 1 aromatic rings. The molecule has 0 aliphatic rings. The smallest absolute Gasteiger partial charge is 0.274 e. The molecule has 0 aliphatic carbocycles. The summed E-state index contributed by atoms with van der Waals surface area (Å²) < 4.78 is 0. The molecule has 0 aliphatic heterocycles. The Bertz CT molecular complexity index is 345. The average molecular weight is 253 g/mol. The van der Waals surface area contributed by atoms with Gasteiger partial charge in [-0.25, -0.2) is 4.98 Å². The summed E-state index contributed by atoms with van der Waals surface area (Å²) in [6, 6.07) is 0.226. The van der Waals surface area contributed by atoms with Gasteiger partial charge >= 0.3 is 0 Å². The molecular formula is C12H19N3OS. The third kappa shape index (κ3) is 4.34. The molecule has 0 saturated heterocycles. The summed E-state index contributed by atoms with van der Waals surface area (Å²) in [6.07, 6.45) is 5.62. The fourth-order valence-corrected chi connectivity index (χ4v) is 2.18. The highest BCUT2D eigenvalue weighted by molar-refractivity contribution is 7.99. The van der Waals surface area contributed by atoms with Crippen molar-refractivity contribution >= 4 is 17.7 Å². The van der Waals surface area contributed by atoms with Gasteiger partial charge in [0.25, 0.3) is 5.91 Å². The minimum Gasteiger partial charge on any atom is -0.338 e. The molecule has 17 heavy (non-hydrogen) atoms. The summed E-state index contributed by atoms with van der Waals surface area (Å²) in [5, 5.41) is 0. The summed E-state index contributed by atoms with van der Waals surface area (Å²) in [4.78, 5) is 21.7. The van der Waals surface area contributed by atoms with Crippen LogP contribution in [0.15, 0.2) is 18.6 Å². The molecule has 1 heterocycles. The second-order valence-electron chi connectivity index (χ2n) is 3.84. The third-order valence-electron chi connectivity index (χ3n) is 2.65. The van der Waals surface area contributed by atoms with Crippen LogP contribution in [0, 0.1) is 0 Å². The second kappa shape index (κ2) is 7.27. The molecule has 1 aromatic heterocycles. The normalized spacial score (nSPS) is 12.2. The highest BCUT2D eigenvalue weighted by Crippen LogP contribution is 2.10. The lowest BCUT2D eigenvalue weighted by molar-refractivity contribution is 0.0735. The van der Waals surface area contributed by atoms with Crippen LogP contribution in [-0.2, 0) is 0 Å². The molecule has 0 N–H and O–H groups in total. The van der Waals surface area contributed by atoms with E-state index in [0.29, 0.717) is 5.69 Å². The first-order chi connectivity index (χ1) is 8.16. The molecular weight excluding hydrogens is 234 g/mol. The van der Waals surface area contributed by atoms with Crippen molar-refractivity contribution < 1.29 is 4.79 Å². The lowest BCUT2D eigenvalue weighted by Crippen LogP contribution is -2.36. The van der Waals surface area contributed by atoms with Crippen LogP contribution >= 0.6 is 11.8 Å². The Hall–Kier alpha value is -1.10. The number of hydrogen-bond donors (Lipinski definition) is 0. The zero-order chi connectivity index (χ0) is 12.7. The van der Waals surface area contributed by atoms with Gasteiger partial charge in [-0.05, 0) is 24.9 Å². The number of thioether (sulfide) groups is 1. The van der Waals surface area contributed by atoms with Crippen LogP contribution in [0.4, 0.5) is 0 Å². The molecule has 94 valence electrons. The van der Waals surface area contributed by atoms with Crippen molar-refractivity contribution in [3.05, 3.63) is 24.3 Å². The van der Waals surface area contributed by atoms with E-state index in [1.807, 2.05) is 18.8 Å². The quantitative estimate of drug-likeness (QED) is 0.728. The number of rotatable bonds is 6. The van der Waals surface area contributed by atoms with Gasteiger partial charge in [-0.15, -0.1) is 0 Å². The van der Waals surface area contributed by atoms with Crippen molar-refractivity contribution in [2.24, 2.45) is 0 Å². The van der Waals surface area contributed by atoms with Crippen LogP contribution in [-0.4, -0.2) is 45.4 Å². The highest BCUT2D eigenvalue weighted by atomic mass is 32.2. The van der Waals surface area contributed by atoms with Gasteiger partial charge in [0.2, 0.25) is 0 Å². The maximum atomic E-state index is 12.0. The zero-order valence-electron chi connectivity index (χ0n) is 10.6. The van der Waals surface area contributed by atoms with Gasteiger partial charge in [0.1, 0.15) is 5.69 Å². The molecule has 1 amide bonds. The van der Waals surface area contributed by atoms with E-state index in [-0.39, 0.29) is 11.9 Å². The fourth-order valence-electron chi connectivity index (χ4n) is 1.38. The van der Waals surface area contributed by atoms with E-state index < -0.39 is 0 Å². The van der Waals surface area contributed by atoms with Crippen molar-refractivity contribution in [1.29, 1.82) is 0 Å². The summed E-state index contributed by atoms with van der Waals surface area (Å²) in [7, 11) is 1.82. The minimum absolute atomic E-state index is 0.0629. The summed E-state index contributed by atoms with van der Waals surface area (Å²) in [5.74, 6) is 2.14. The number of nitrogens with zero attached hydrogens (tertiary/aromatic N) is 3. The Labute approximate surface area is 107 Å². The maximum absolute atomic E-state index is 12.0. The van der Waals surface area contributed by atoms with Crippen LogP contribution in [0.3, 0.4) is 0 Å². The lowest BCUT2D eigenvalue weighted by Gasteiger charge is -2.24. The van der Waals surface area contributed by atoms with E-state index in [1.165, 1.54) is 6.20 Å². The van der Waals surface area contributed by atoms with Crippen LogP contribution in [0.1, 0.15) is 30.8 Å². The minimum atomic E-state index is -0.0629. The predicted octanol–water partition coefficient (Wildman–Crippen LogP) is 2.08. The molecule has 0 unspecified atom stereocenters. The van der Waals surface area contributed by atoms with Crippen molar-refractivity contribution in [1.82, 2.24) is 14.9 Å². The van der Waals surface area contributed by atoms with Gasteiger partial charge in [0.15, 0.2) is 0 Å². The Morgan fingerprint density at radius 1 is 1.53 bits per heavy atom. The fraction of sp³-hybridized carbons (Fsp3) is 0.583. The van der Waals surface area contributed by atoms with E-state index in [9.17, 15) is 4.79 Å². The first-order valence-electron chi connectivity index (χ1n) is 5.77. The summed E-state index contributed by atoms with van der Waals surface area (Å²) >= 11 is 1.90. The highest BCUT2D eigenvalue weighted by Gasteiger charge is 2.18. The largest absolute Gasteiger partial charge is 0.338 e. The lowest BCUT2D eigenvalue weighted by atomic mass is 10.2. The molecule has 0 aromatic carbocycles. The summed E-state index contributed by atoms with van der Waals surface area (Å²) in [5.41, 5.74) is 0.407. The van der Waals surface area contributed by atoms with Gasteiger partial charge in [0, 0.05) is 25.5 Å². The molecule has 0 fully saturated rings. The van der Waals surface area contributed by atoms with E-state index in [4.69, 9.17) is 0 Å². The molecule has 4 nitrogen and oxygen atoms in total. The molecule has 1 atom stereocenters. The first-order valence-corrected chi connectivity index (χ1v) is 6.93. The molecule has 0 saturated carbocycles. The molecule has 1 rings (SSSR count). The van der Waals surface area contributed by atoms with Gasteiger partial charge in [0.05, 0.1) is 6.20 Å². The van der Waals surface area contributed by atoms with Crippen molar-refractivity contribution in [3.8, 4) is 0 Å². The molecule has 0 spiro atoms. The maximum Gasteiger partial charge on any atom is 0.274 e. The SMILES string of the molecule is CCSCC[C@H](C)N(C)C(=O)c1cnccn1. The standard InChI is InChI=1S/C12H19N3OS/c1-4-17-8-5-10(2)15(3)12(16)11-9-13-6-7-14-11/h6-7,9-10H,4-5,8H2,1-3H3/t10-/m0/s1. The van der Waals surface area contributed by atoms with Crippen LogP contribution < -0.4 is 0 Å². The molecule has 5 heteroatoms. The number of aromatic nitrogens is 2. The van der Waals surface area contributed by atoms with Gasteiger partial charge in [-0.2, -0.15) is 11.8 Å². The number of carbonyl (C=O) groups excluding carboxylic acids is 1. The third-order valence-corrected chi connectivity index (χ3v) is 3.58. The number of amides is 1. The first kappa shape index (κ1) is 14.0. The van der Waals surface area contributed by atoms with Crippen LogP contribution in [0.2, 0.25) is 0 Å². The Morgan fingerprint density at radius 2 is 2.29 bits per heavy atom.